The van der Waals surface area contributed by atoms with Crippen molar-refractivity contribution in [3.8, 4) is 11.5 Å². The first-order valence-corrected chi connectivity index (χ1v) is 7.21. The fraction of sp³-hybridized carbons (Fsp3) is 0.286. The molecule has 1 heterocycles. The molecule has 0 saturated carbocycles. The number of methoxy groups -OCH3 is 1. The standard InChI is InChI=1S/C14H17N3O2S/c1-3-7-19-13-9-11(4-5-12(13)18-2)10-16-17-14-15-6-8-20-14/h4-6,8-10H,3,7H2,1-2H3,(H,15,17)/b16-10-. The van der Waals surface area contributed by atoms with Crippen LogP contribution in [-0.2, 0) is 0 Å². The van der Waals surface area contributed by atoms with Crippen LogP contribution in [0.15, 0.2) is 34.9 Å². The molecule has 0 unspecified atom stereocenters. The maximum absolute atomic E-state index is 5.65. The molecule has 6 heteroatoms. The number of thiazole rings is 1. The molecule has 0 atom stereocenters. The largest absolute Gasteiger partial charge is 0.493 e. The minimum absolute atomic E-state index is 0.661. The third-order valence-corrected chi connectivity index (χ3v) is 3.13. The topological polar surface area (TPSA) is 55.7 Å². The molecular weight excluding hydrogens is 274 g/mol. The van der Waals surface area contributed by atoms with Crippen LogP contribution >= 0.6 is 11.3 Å². The number of benzene rings is 1. The molecule has 0 saturated heterocycles. The van der Waals surface area contributed by atoms with Gasteiger partial charge < -0.3 is 9.47 Å². The summed E-state index contributed by atoms with van der Waals surface area (Å²) >= 11 is 1.50. The minimum atomic E-state index is 0.661. The maximum atomic E-state index is 5.65. The van der Waals surface area contributed by atoms with Gasteiger partial charge in [-0.15, -0.1) is 11.3 Å². The predicted molar refractivity (Wildman–Crippen MR) is 82.1 cm³/mol. The van der Waals surface area contributed by atoms with Gasteiger partial charge in [-0.25, -0.2) is 4.98 Å². The quantitative estimate of drug-likeness (QED) is 0.627. The van der Waals surface area contributed by atoms with Gasteiger partial charge in [0.2, 0.25) is 5.13 Å². The van der Waals surface area contributed by atoms with Crippen LogP contribution < -0.4 is 14.9 Å². The number of rotatable bonds is 7. The second kappa shape index (κ2) is 7.49. The van der Waals surface area contributed by atoms with Crippen LogP contribution in [0.1, 0.15) is 18.9 Å². The van der Waals surface area contributed by atoms with E-state index in [-0.39, 0.29) is 0 Å². The fourth-order valence-electron chi connectivity index (χ4n) is 1.54. The van der Waals surface area contributed by atoms with E-state index < -0.39 is 0 Å². The molecule has 1 aromatic heterocycles. The highest BCUT2D eigenvalue weighted by Crippen LogP contribution is 2.27. The zero-order chi connectivity index (χ0) is 14.2. The Labute approximate surface area is 122 Å². The summed E-state index contributed by atoms with van der Waals surface area (Å²) in [6, 6.07) is 5.70. The van der Waals surface area contributed by atoms with Gasteiger partial charge >= 0.3 is 0 Å². The molecule has 0 aliphatic rings. The Hall–Kier alpha value is -2.08. The van der Waals surface area contributed by atoms with Gasteiger partial charge in [-0.05, 0) is 30.2 Å². The Bertz CT molecular complexity index is 556. The molecule has 20 heavy (non-hydrogen) atoms. The van der Waals surface area contributed by atoms with Crippen LogP contribution in [0.25, 0.3) is 0 Å². The Morgan fingerprint density at radius 2 is 2.30 bits per heavy atom. The molecule has 2 rings (SSSR count). The van der Waals surface area contributed by atoms with Crippen LogP contribution in [0.4, 0.5) is 5.13 Å². The first kappa shape index (κ1) is 14.3. The van der Waals surface area contributed by atoms with Gasteiger partial charge in [-0.3, -0.25) is 5.43 Å². The van der Waals surface area contributed by atoms with Crippen molar-refractivity contribution in [3.05, 3.63) is 35.3 Å². The van der Waals surface area contributed by atoms with Crippen molar-refractivity contribution < 1.29 is 9.47 Å². The molecule has 0 aliphatic carbocycles. The van der Waals surface area contributed by atoms with Crippen LogP contribution in [0, 0.1) is 0 Å². The molecule has 106 valence electrons. The van der Waals surface area contributed by atoms with E-state index in [4.69, 9.17) is 9.47 Å². The number of nitrogens with one attached hydrogen (secondary N) is 1. The highest BCUT2D eigenvalue weighted by molar-refractivity contribution is 7.13. The highest BCUT2D eigenvalue weighted by atomic mass is 32.1. The van der Waals surface area contributed by atoms with E-state index >= 15 is 0 Å². The lowest BCUT2D eigenvalue weighted by atomic mass is 10.2. The summed E-state index contributed by atoms with van der Waals surface area (Å²) in [5.41, 5.74) is 3.80. The van der Waals surface area contributed by atoms with E-state index in [0.717, 1.165) is 28.6 Å². The van der Waals surface area contributed by atoms with Crippen LogP contribution in [0.2, 0.25) is 0 Å². The Balaban J connectivity index is 2.05. The molecular formula is C14H17N3O2S. The van der Waals surface area contributed by atoms with Gasteiger partial charge in [-0.2, -0.15) is 5.10 Å². The minimum Gasteiger partial charge on any atom is -0.493 e. The molecule has 0 aliphatic heterocycles. The van der Waals surface area contributed by atoms with Gasteiger partial charge in [0.1, 0.15) is 0 Å². The van der Waals surface area contributed by atoms with Gasteiger partial charge in [-0.1, -0.05) is 6.92 Å². The third-order valence-electron chi connectivity index (χ3n) is 2.46. The van der Waals surface area contributed by atoms with Crippen LogP contribution in [0.5, 0.6) is 11.5 Å². The second-order valence-electron chi connectivity index (χ2n) is 3.97. The summed E-state index contributed by atoms with van der Waals surface area (Å²) in [6.07, 6.45) is 4.40. The molecule has 2 aromatic rings. The van der Waals surface area contributed by atoms with Crippen molar-refractivity contribution in [2.45, 2.75) is 13.3 Å². The van der Waals surface area contributed by atoms with Crippen molar-refractivity contribution in [3.63, 3.8) is 0 Å². The van der Waals surface area contributed by atoms with Gasteiger partial charge in [0.15, 0.2) is 11.5 Å². The average molecular weight is 291 g/mol. The maximum Gasteiger partial charge on any atom is 0.203 e. The molecule has 0 bridgehead atoms. The summed E-state index contributed by atoms with van der Waals surface area (Å²) in [5, 5.41) is 6.79. The van der Waals surface area contributed by atoms with Gasteiger partial charge in [0.25, 0.3) is 0 Å². The first-order valence-electron chi connectivity index (χ1n) is 6.33. The van der Waals surface area contributed by atoms with Crippen molar-refractivity contribution in [1.29, 1.82) is 0 Å². The molecule has 0 radical (unpaired) electrons. The summed E-state index contributed by atoms with van der Waals surface area (Å²) < 4.78 is 10.9. The van der Waals surface area contributed by atoms with E-state index in [1.54, 1.807) is 19.5 Å². The summed E-state index contributed by atoms with van der Waals surface area (Å²) in [4.78, 5) is 4.08. The summed E-state index contributed by atoms with van der Waals surface area (Å²) in [5.74, 6) is 1.45. The highest BCUT2D eigenvalue weighted by Gasteiger charge is 2.04. The molecule has 0 spiro atoms. The van der Waals surface area contributed by atoms with E-state index in [1.807, 2.05) is 23.6 Å². The van der Waals surface area contributed by atoms with Gasteiger partial charge in [0.05, 0.1) is 19.9 Å². The predicted octanol–water partition coefficient (Wildman–Crippen LogP) is 3.39. The number of hydrazone groups is 1. The number of hydrogen-bond donors (Lipinski definition) is 1. The average Bonchev–Trinajstić information content (AvgIpc) is 2.98. The molecule has 1 N–H and O–H groups in total. The van der Waals surface area contributed by atoms with Crippen molar-refractivity contribution in [1.82, 2.24) is 4.98 Å². The SMILES string of the molecule is CCCOc1cc(/C=N\Nc2nccs2)ccc1OC. The number of anilines is 1. The molecule has 0 fully saturated rings. The summed E-state index contributed by atoms with van der Waals surface area (Å²) in [7, 11) is 1.63. The van der Waals surface area contributed by atoms with E-state index in [9.17, 15) is 0 Å². The van der Waals surface area contributed by atoms with E-state index in [2.05, 4.69) is 22.4 Å². The molecule has 0 amide bonds. The smallest absolute Gasteiger partial charge is 0.203 e. The Morgan fingerprint density at radius 1 is 1.40 bits per heavy atom. The number of ether oxygens (including phenoxy) is 2. The Morgan fingerprint density at radius 3 is 3.00 bits per heavy atom. The zero-order valence-corrected chi connectivity index (χ0v) is 12.3. The number of nitrogens with zero attached hydrogens (tertiary/aromatic N) is 2. The molecule has 5 nitrogen and oxygen atoms in total. The third kappa shape index (κ3) is 3.96. The first-order chi connectivity index (χ1) is 9.83. The van der Waals surface area contributed by atoms with Gasteiger partial charge in [0, 0.05) is 11.6 Å². The fourth-order valence-corrected chi connectivity index (χ4v) is 2.02. The zero-order valence-electron chi connectivity index (χ0n) is 11.5. The van der Waals surface area contributed by atoms with Crippen molar-refractivity contribution in [2.24, 2.45) is 5.10 Å². The van der Waals surface area contributed by atoms with Crippen LogP contribution in [0.3, 0.4) is 0 Å². The molecule has 1 aromatic carbocycles. The lowest BCUT2D eigenvalue weighted by Gasteiger charge is -2.10. The van der Waals surface area contributed by atoms with E-state index in [0.29, 0.717) is 6.61 Å². The number of hydrogen-bond acceptors (Lipinski definition) is 6. The Kier molecular flexibility index (Phi) is 5.37. The summed E-state index contributed by atoms with van der Waals surface area (Å²) in [6.45, 7) is 2.73. The second-order valence-corrected chi connectivity index (χ2v) is 4.86. The lowest BCUT2D eigenvalue weighted by Crippen LogP contribution is -1.99. The van der Waals surface area contributed by atoms with E-state index in [1.165, 1.54) is 11.3 Å². The van der Waals surface area contributed by atoms with Crippen LogP contribution in [-0.4, -0.2) is 24.9 Å². The lowest BCUT2D eigenvalue weighted by molar-refractivity contribution is 0.294. The van der Waals surface area contributed by atoms with Crippen molar-refractivity contribution in [2.75, 3.05) is 19.1 Å². The normalized spacial score (nSPS) is 10.7. The number of aromatic nitrogens is 1. The van der Waals surface area contributed by atoms with Crippen molar-refractivity contribution >= 4 is 22.7 Å². The monoisotopic (exact) mass is 291 g/mol.